The third-order valence-corrected chi connectivity index (χ3v) is 6.48. The average molecular weight is 451 g/mol. The van der Waals surface area contributed by atoms with Crippen molar-refractivity contribution in [3.63, 3.8) is 0 Å². The number of hydrogen-bond donors (Lipinski definition) is 2. The Morgan fingerprint density at radius 3 is 2.44 bits per heavy atom. The van der Waals surface area contributed by atoms with E-state index in [-0.39, 0.29) is 5.91 Å². The van der Waals surface area contributed by atoms with Crippen molar-refractivity contribution in [3.05, 3.63) is 65.2 Å². The van der Waals surface area contributed by atoms with Gasteiger partial charge in [0.15, 0.2) is 0 Å². The van der Waals surface area contributed by atoms with Crippen LogP contribution in [0.3, 0.4) is 0 Å². The zero-order valence-corrected chi connectivity index (χ0v) is 19.5. The van der Waals surface area contributed by atoms with E-state index in [1.54, 1.807) is 6.92 Å². The Kier molecular flexibility index (Phi) is 7.15. The molecule has 1 aliphatic carbocycles. The second kappa shape index (κ2) is 10.2. The highest BCUT2D eigenvalue weighted by molar-refractivity contribution is 6.30. The number of aromatic nitrogens is 1. The van der Waals surface area contributed by atoms with E-state index < -0.39 is 0 Å². The van der Waals surface area contributed by atoms with E-state index in [2.05, 4.69) is 58.9 Å². The molecular weight excluding hydrogens is 420 g/mol. The molecule has 1 saturated carbocycles. The second-order valence-electron chi connectivity index (χ2n) is 8.57. The van der Waals surface area contributed by atoms with Gasteiger partial charge in [0, 0.05) is 48.2 Å². The highest BCUT2D eigenvalue weighted by Crippen LogP contribution is 2.27. The first-order valence-corrected chi connectivity index (χ1v) is 11.8. The molecule has 2 N–H and O–H groups in total. The van der Waals surface area contributed by atoms with Gasteiger partial charge in [-0.2, -0.15) is 0 Å². The summed E-state index contributed by atoms with van der Waals surface area (Å²) >= 11 is 6.09. The quantitative estimate of drug-likeness (QED) is 0.479. The summed E-state index contributed by atoms with van der Waals surface area (Å²) in [7, 11) is 0. The van der Waals surface area contributed by atoms with E-state index in [9.17, 15) is 4.79 Å². The molecule has 0 atom stereocenters. The fourth-order valence-electron chi connectivity index (χ4n) is 4.57. The van der Waals surface area contributed by atoms with Gasteiger partial charge in [0.05, 0.1) is 5.52 Å². The molecule has 0 aliphatic heterocycles. The molecule has 1 heterocycles. The van der Waals surface area contributed by atoms with E-state index in [0.29, 0.717) is 12.1 Å². The van der Waals surface area contributed by atoms with Crippen molar-refractivity contribution in [1.82, 2.24) is 10.3 Å². The summed E-state index contributed by atoms with van der Waals surface area (Å²) in [5.74, 6) is 0.984. The van der Waals surface area contributed by atoms with Crippen LogP contribution in [0.4, 0.5) is 11.5 Å². The first-order chi connectivity index (χ1) is 15.5. The minimum Gasteiger partial charge on any atom is -0.367 e. The van der Waals surface area contributed by atoms with Crippen LogP contribution in [0.5, 0.6) is 0 Å². The third kappa shape index (κ3) is 5.52. The molecule has 1 amide bonds. The number of pyridine rings is 1. The smallest absolute Gasteiger partial charge is 0.217 e. The molecule has 5 nitrogen and oxygen atoms in total. The topological polar surface area (TPSA) is 57.3 Å². The normalized spacial score (nSPS) is 18.3. The molecule has 0 spiro atoms. The number of nitrogens with zero attached hydrogens (tertiary/aromatic N) is 2. The molecule has 3 aromatic rings. The van der Waals surface area contributed by atoms with Crippen LogP contribution in [0.15, 0.2) is 54.6 Å². The molecule has 1 aliphatic rings. The molecule has 6 heteroatoms. The van der Waals surface area contributed by atoms with E-state index in [0.717, 1.165) is 60.8 Å². The summed E-state index contributed by atoms with van der Waals surface area (Å²) in [6, 6.07) is 19.2. The van der Waals surface area contributed by atoms with Crippen LogP contribution in [0, 0.1) is 0 Å². The lowest BCUT2D eigenvalue weighted by molar-refractivity contribution is -0.119. The van der Waals surface area contributed by atoms with Crippen LogP contribution in [0.25, 0.3) is 10.9 Å². The monoisotopic (exact) mass is 450 g/mol. The summed E-state index contributed by atoms with van der Waals surface area (Å²) in [5, 5.41) is 8.65. The summed E-state index contributed by atoms with van der Waals surface area (Å²) in [6.45, 7) is 5.46. The minimum atomic E-state index is 0.0587. The standard InChI is InChI=1S/C26H31ClN4O/c1-3-31(23-14-8-20(27)9-15-23)17-19-16-26(30-25-7-5-4-6-24(19)25)29-22-12-10-21(11-13-22)28-18(2)32/h4-9,14-16,21-22H,3,10-13,17H2,1-2H3,(H,28,32)(H,29,30)/t21-,22+. The van der Waals surface area contributed by atoms with E-state index >= 15 is 0 Å². The Labute approximate surface area is 195 Å². The number of fused-ring (bicyclic) bond motifs is 1. The number of carbonyl (C=O) groups is 1. The summed E-state index contributed by atoms with van der Waals surface area (Å²) in [4.78, 5) is 18.6. The van der Waals surface area contributed by atoms with Crippen LogP contribution in [-0.2, 0) is 11.3 Å². The molecule has 1 fully saturated rings. The Morgan fingerprint density at radius 2 is 1.75 bits per heavy atom. The molecule has 1 aromatic heterocycles. The number of anilines is 2. The lowest BCUT2D eigenvalue weighted by Crippen LogP contribution is -2.39. The van der Waals surface area contributed by atoms with Gasteiger partial charge in [-0.25, -0.2) is 4.98 Å². The number of benzene rings is 2. The number of halogens is 1. The molecule has 32 heavy (non-hydrogen) atoms. The molecule has 0 radical (unpaired) electrons. The lowest BCUT2D eigenvalue weighted by atomic mass is 9.91. The highest BCUT2D eigenvalue weighted by Gasteiger charge is 2.22. The first-order valence-electron chi connectivity index (χ1n) is 11.4. The van der Waals surface area contributed by atoms with Gasteiger partial charge in [0.25, 0.3) is 0 Å². The summed E-state index contributed by atoms with van der Waals surface area (Å²) in [6.07, 6.45) is 4.05. The largest absolute Gasteiger partial charge is 0.367 e. The summed E-state index contributed by atoms with van der Waals surface area (Å²) < 4.78 is 0. The van der Waals surface area contributed by atoms with Gasteiger partial charge >= 0.3 is 0 Å². The lowest BCUT2D eigenvalue weighted by Gasteiger charge is -2.30. The van der Waals surface area contributed by atoms with E-state index in [1.165, 1.54) is 10.9 Å². The minimum absolute atomic E-state index is 0.0587. The SMILES string of the molecule is CCN(Cc1cc(N[C@H]2CC[C@@H](NC(C)=O)CC2)nc2ccccc12)c1ccc(Cl)cc1. The van der Waals surface area contributed by atoms with Crippen molar-refractivity contribution < 1.29 is 4.79 Å². The zero-order chi connectivity index (χ0) is 22.5. The zero-order valence-electron chi connectivity index (χ0n) is 18.8. The Hall–Kier alpha value is -2.79. The van der Waals surface area contributed by atoms with Crippen molar-refractivity contribution in [2.75, 3.05) is 16.8 Å². The van der Waals surface area contributed by atoms with Gasteiger partial charge < -0.3 is 15.5 Å². The predicted octanol–water partition coefficient (Wildman–Crippen LogP) is 5.77. The van der Waals surface area contributed by atoms with Gasteiger partial charge in [-0.15, -0.1) is 0 Å². The number of rotatable bonds is 7. The van der Waals surface area contributed by atoms with E-state index in [1.807, 2.05) is 18.2 Å². The average Bonchev–Trinajstić information content (AvgIpc) is 2.79. The van der Waals surface area contributed by atoms with Crippen molar-refractivity contribution in [2.24, 2.45) is 0 Å². The van der Waals surface area contributed by atoms with Crippen molar-refractivity contribution in [1.29, 1.82) is 0 Å². The van der Waals surface area contributed by atoms with E-state index in [4.69, 9.17) is 16.6 Å². The van der Waals surface area contributed by atoms with Crippen LogP contribution in [-0.4, -0.2) is 29.5 Å². The van der Waals surface area contributed by atoms with Gasteiger partial charge in [-0.3, -0.25) is 4.79 Å². The van der Waals surface area contributed by atoms with Gasteiger partial charge in [-0.1, -0.05) is 29.8 Å². The third-order valence-electron chi connectivity index (χ3n) is 6.22. The first kappa shape index (κ1) is 22.4. The van der Waals surface area contributed by atoms with Gasteiger partial charge in [-0.05, 0) is 74.6 Å². The van der Waals surface area contributed by atoms with Gasteiger partial charge in [0.1, 0.15) is 5.82 Å². The van der Waals surface area contributed by atoms with Crippen LogP contribution >= 0.6 is 11.6 Å². The molecule has 168 valence electrons. The highest BCUT2D eigenvalue weighted by atomic mass is 35.5. The molecule has 2 aromatic carbocycles. The maximum atomic E-state index is 11.3. The second-order valence-corrected chi connectivity index (χ2v) is 9.00. The fourth-order valence-corrected chi connectivity index (χ4v) is 4.70. The molecule has 0 saturated heterocycles. The van der Waals surface area contributed by atoms with Crippen molar-refractivity contribution >= 4 is 39.9 Å². The van der Waals surface area contributed by atoms with Crippen molar-refractivity contribution in [2.45, 2.75) is 58.2 Å². The summed E-state index contributed by atoms with van der Waals surface area (Å²) in [5.41, 5.74) is 3.41. The maximum Gasteiger partial charge on any atom is 0.217 e. The fraction of sp³-hybridized carbons (Fsp3) is 0.385. The number of para-hydroxylation sites is 1. The van der Waals surface area contributed by atoms with Crippen molar-refractivity contribution in [3.8, 4) is 0 Å². The number of hydrogen-bond acceptors (Lipinski definition) is 4. The number of carbonyl (C=O) groups excluding carboxylic acids is 1. The Morgan fingerprint density at radius 1 is 1.06 bits per heavy atom. The van der Waals surface area contributed by atoms with Gasteiger partial charge in [0.2, 0.25) is 5.91 Å². The Bertz CT molecular complexity index is 1060. The number of amides is 1. The molecule has 0 unspecified atom stereocenters. The number of nitrogens with one attached hydrogen (secondary N) is 2. The molecule has 4 rings (SSSR count). The van der Waals surface area contributed by atoms with Crippen LogP contribution < -0.4 is 15.5 Å². The van der Waals surface area contributed by atoms with Crippen LogP contribution in [0.1, 0.15) is 45.1 Å². The van der Waals surface area contributed by atoms with Crippen LogP contribution in [0.2, 0.25) is 5.02 Å². The molecule has 0 bridgehead atoms. The Balaban J connectivity index is 1.54. The predicted molar refractivity (Wildman–Crippen MR) is 133 cm³/mol. The molecular formula is C26H31ClN4O. The maximum absolute atomic E-state index is 11.3.